The van der Waals surface area contributed by atoms with E-state index < -0.39 is 19.8 Å². The molecule has 7 aromatic carbocycles. The summed E-state index contributed by atoms with van der Waals surface area (Å²) in [6.45, 7) is 7.39. The van der Waals surface area contributed by atoms with Crippen molar-refractivity contribution in [3.63, 3.8) is 0 Å². The highest BCUT2D eigenvalue weighted by atomic mass is 28.3. The monoisotopic (exact) mass is 1010 g/mol. The summed E-state index contributed by atoms with van der Waals surface area (Å²) < 4.78 is 27.8. The van der Waals surface area contributed by atoms with Crippen molar-refractivity contribution in [3.05, 3.63) is 198 Å². The fraction of sp³-hybridized carbons (Fsp3) is 0.217. The lowest BCUT2D eigenvalue weighted by atomic mass is 9.82. The van der Waals surface area contributed by atoms with Crippen molar-refractivity contribution >= 4 is 59.4 Å². The maximum atomic E-state index is 16.3. The lowest BCUT2D eigenvalue weighted by Gasteiger charge is -2.37. The molecule has 0 radical (unpaired) electrons. The lowest BCUT2D eigenvalue weighted by molar-refractivity contribution is -0.146. The van der Waals surface area contributed by atoms with Crippen LogP contribution in [0.2, 0.25) is 18.6 Å². The van der Waals surface area contributed by atoms with E-state index in [1.165, 1.54) is 5.19 Å². The molecule has 12 rings (SSSR count). The van der Waals surface area contributed by atoms with Gasteiger partial charge in [-0.3, -0.25) is 28.9 Å². The Morgan fingerprint density at radius 2 is 1.28 bits per heavy atom. The van der Waals surface area contributed by atoms with Crippen molar-refractivity contribution < 1.29 is 38.4 Å². The van der Waals surface area contributed by atoms with E-state index in [2.05, 4.69) is 42.5 Å². The third-order valence-electron chi connectivity index (χ3n) is 15.5. The molecule has 1 fully saturated rings. The molecule has 1 N–H and O–H groups in total. The summed E-state index contributed by atoms with van der Waals surface area (Å²) >= 11 is 0. The van der Waals surface area contributed by atoms with Gasteiger partial charge in [0, 0.05) is 48.6 Å². The number of rotatable bonds is 12. The Morgan fingerprint density at radius 3 is 1.91 bits per heavy atom. The summed E-state index contributed by atoms with van der Waals surface area (Å²) in [5.74, 6) is 1.58. The number of nitrogens with zero attached hydrogens (tertiary/aromatic N) is 6. The van der Waals surface area contributed by atoms with E-state index in [-0.39, 0.29) is 42.3 Å². The number of aromatic nitrogens is 3. The Balaban J connectivity index is 0.997. The van der Waals surface area contributed by atoms with Crippen LogP contribution < -0.4 is 34.1 Å². The Morgan fingerprint density at radius 1 is 0.680 bits per heavy atom. The van der Waals surface area contributed by atoms with Gasteiger partial charge in [0.25, 0.3) is 17.7 Å². The smallest absolute Gasteiger partial charge is 0.266 e. The van der Waals surface area contributed by atoms with Gasteiger partial charge in [-0.2, -0.15) is 0 Å². The molecule has 376 valence electrons. The van der Waals surface area contributed by atoms with E-state index in [1.807, 2.05) is 138 Å². The topological polar surface area (TPSA) is 149 Å². The molecule has 4 aliphatic rings. The molecular formula is C60H54N6O8Si. The second-order valence-corrected chi connectivity index (χ2v) is 24.8. The molecule has 5 heterocycles. The number of benzene rings is 7. The van der Waals surface area contributed by atoms with E-state index in [4.69, 9.17) is 18.9 Å². The van der Waals surface area contributed by atoms with Gasteiger partial charge < -0.3 is 29.0 Å². The molecule has 0 aliphatic carbocycles. The van der Waals surface area contributed by atoms with E-state index in [0.717, 1.165) is 11.3 Å². The Kier molecular flexibility index (Phi) is 12.0. The van der Waals surface area contributed by atoms with Gasteiger partial charge >= 0.3 is 0 Å². The summed E-state index contributed by atoms with van der Waals surface area (Å²) in [5, 5.41) is 19.6. The first kappa shape index (κ1) is 47.6. The number of fused-ring (bicyclic) bond motifs is 6. The first-order chi connectivity index (χ1) is 36.5. The van der Waals surface area contributed by atoms with Gasteiger partial charge in [-0.05, 0) is 109 Å². The molecule has 4 atom stereocenters. The van der Waals surface area contributed by atoms with Crippen molar-refractivity contribution in [2.24, 2.45) is 5.92 Å². The van der Waals surface area contributed by atoms with Gasteiger partial charge in [-0.25, -0.2) is 0 Å². The minimum Gasteiger partial charge on any atom is -0.497 e. The quantitative estimate of drug-likeness (QED) is 0.117. The molecule has 4 aliphatic heterocycles. The van der Waals surface area contributed by atoms with Crippen LogP contribution in [0.5, 0.6) is 28.7 Å². The second kappa shape index (κ2) is 18.8. The third-order valence-corrected chi connectivity index (χ3v) is 19.8. The van der Waals surface area contributed by atoms with Crippen molar-refractivity contribution in [3.8, 4) is 28.7 Å². The fourth-order valence-corrected chi connectivity index (χ4v) is 16.0. The van der Waals surface area contributed by atoms with Crippen molar-refractivity contribution in [2.45, 2.75) is 63.2 Å². The molecule has 14 nitrogen and oxygen atoms in total. The summed E-state index contributed by atoms with van der Waals surface area (Å²) in [5.41, 5.74) is 4.27. The number of anilines is 5. The van der Waals surface area contributed by atoms with E-state index in [0.29, 0.717) is 93.2 Å². The number of aliphatic hydroxyl groups excluding tert-OH is 1. The van der Waals surface area contributed by atoms with Crippen molar-refractivity contribution in [2.75, 3.05) is 28.4 Å². The zero-order valence-electron chi connectivity index (χ0n) is 41.9. The van der Waals surface area contributed by atoms with Gasteiger partial charge in [-0.15, -0.1) is 5.10 Å². The molecule has 0 bridgehead atoms. The maximum absolute atomic E-state index is 16.3. The number of para-hydroxylation sites is 6. The third kappa shape index (κ3) is 7.97. The normalized spacial score (nSPS) is 19.6. The summed E-state index contributed by atoms with van der Waals surface area (Å²) in [6, 6.07) is 51.1. The van der Waals surface area contributed by atoms with Gasteiger partial charge in [0.2, 0.25) is 0 Å². The van der Waals surface area contributed by atoms with E-state index >= 15 is 4.79 Å². The summed E-state index contributed by atoms with van der Waals surface area (Å²) in [6.07, 6.45) is 2.32. The molecular weight excluding hydrogens is 961 g/mol. The highest BCUT2D eigenvalue weighted by Crippen LogP contribution is 2.61. The number of carbonyl (C=O) groups is 3. The Hall–Kier alpha value is -8.37. The zero-order chi connectivity index (χ0) is 51.6. The molecule has 3 amide bonds. The van der Waals surface area contributed by atoms with E-state index in [1.54, 1.807) is 45.9 Å². The number of hydrogen-bond donors (Lipinski definition) is 1. The minimum absolute atomic E-state index is 0.0412. The van der Waals surface area contributed by atoms with Crippen molar-refractivity contribution in [1.29, 1.82) is 0 Å². The van der Waals surface area contributed by atoms with Crippen LogP contribution in [-0.4, -0.2) is 65.7 Å². The molecule has 15 heteroatoms. The molecule has 8 aromatic rings. The second-order valence-electron chi connectivity index (χ2n) is 20.1. The standard InChI is InChI=1S/C60H54N6O8Si/c1-38-56(75(3,4)44-27-25-43(71-2)26-28-44)55(30-32-63-37-40(31-33-67)61-62-63)74-60(38)47-35-42(66-50-19-8-12-23-54(50)73-52-21-10-6-17-46(52)58(66)69)24-29-48(47)64(59(60)70)36-39-14-13-15-41(34-39)65-49-18-7-11-22-53(49)72-51-20-9-5-16-45(51)57(65)68/h5-29,34-35,37-38,55-56,67H,30-33,36H2,1-4H3/t38-,55+,56-,60+/m1/s1. The SMILES string of the molecule is COc1ccc([Si](C)(C)[C@H]2[C@H](CCn3cc(CCO)nn3)O[C@@]3(C(=O)N(Cc4cccc(N5C(=O)c6ccccc6Oc6ccccc65)c4)c4ccc(N5C(=O)c6ccccc6Oc6ccccc65)cc43)[C@@H]2C)cc1. The number of hydrogen-bond acceptors (Lipinski definition) is 10. The molecule has 1 aromatic heterocycles. The number of ether oxygens (including phenoxy) is 4. The number of aryl methyl sites for hydroxylation is 1. The summed E-state index contributed by atoms with van der Waals surface area (Å²) in [7, 11) is -0.937. The highest BCUT2D eigenvalue weighted by Gasteiger charge is 2.66. The number of aliphatic hydroxyl groups is 1. The highest BCUT2D eigenvalue weighted by molar-refractivity contribution is 6.91. The first-order valence-corrected chi connectivity index (χ1v) is 28.3. The van der Waals surface area contributed by atoms with Gasteiger partial charge in [0.15, 0.2) is 17.1 Å². The first-order valence-electron chi connectivity index (χ1n) is 25.3. The maximum Gasteiger partial charge on any atom is 0.266 e. The van der Waals surface area contributed by atoms with Crippen LogP contribution in [0, 0.1) is 5.92 Å². The molecule has 1 saturated heterocycles. The van der Waals surface area contributed by atoms with Crippen LogP contribution in [0.3, 0.4) is 0 Å². The minimum atomic E-state index is -2.59. The Labute approximate surface area is 435 Å². The average Bonchev–Trinajstić information content (AvgIpc) is 4.08. The number of carbonyl (C=O) groups excluding carboxylic acids is 3. The predicted octanol–water partition coefficient (Wildman–Crippen LogP) is 10.8. The van der Waals surface area contributed by atoms with Gasteiger partial charge in [0.05, 0.1) is 61.7 Å². The molecule has 1 spiro atoms. The predicted molar refractivity (Wildman–Crippen MR) is 288 cm³/mol. The molecule has 0 saturated carbocycles. The Bertz CT molecular complexity index is 3550. The van der Waals surface area contributed by atoms with Gasteiger partial charge in [0.1, 0.15) is 17.2 Å². The fourth-order valence-electron chi connectivity index (χ4n) is 11.9. The number of methoxy groups -OCH3 is 1. The van der Waals surface area contributed by atoms with Crippen LogP contribution in [0.25, 0.3) is 0 Å². The van der Waals surface area contributed by atoms with Crippen LogP contribution >= 0.6 is 0 Å². The summed E-state index contributed by atoms with van der Waals surface area (Å²) in [4.78, 5) is 51.0. The zero-order valence-corrected chi connectivity index (χ0v) is 42.9. The van der Waals surface area contributed by atoms with Gasteiger partial charge in [-0.1, -0.05) is 103 Å². The van der Waals surface area contributed by atoms with Crippen LogP contribution in [0.1, 0.15) is 50.9 Å². The van der Waals surface area contributed by atoms with Crippen LogP contribution in [-0.2, 0) is 34.6 Å². The molecule has 75 heavy (non-hydrogen) atoms. The van der Waals surface area contributed by atoms with Crippen LogP contribution in [0.15, 0.2) is 170 Å². The average molecular weight is 1020 g/mol. The van der Waals surface area contributed by atoms with Crippen molar-refractivity contribution in [1.82, 2.24) is 15.0 Å². The number of amides is 3. The molecule has 0 unspecified atom stereocenters. The largest absolute Gasteiger partial charge is 0.497 e. The van der Waals surface area contributed by atoms with E-state index in [9.17, 15) is 14.7 Å². The lowest BCUT2D eigenvalue weighted by Crippen LogP contribution is -2.51. The van der Waals surface area contributed by atoms with Crippen LogP contribution in [0.4, 0.5) is 28.4 Å².